The lowest BCUT2D eigenvalue weighted by Gasteiger charge is -2.05. The van der Waals surface area contributed by atoms with Crippen LogP contribution in [0.1, 0.15) is 31.0 Å². The lowest BCUT2D eigenvalue weighted by Crippen LogP contribution is -2.16. The van der Waals surface area contributed by atoms with Gasteiger partial charge in [0.05, 0.1) is 6.61 Å². The summed E-state index contributed by atoms with van der Waals surface area (Å²) in [5.41, 5.74) is 3.68. The molecule has 2 N–H and O–H groups in total. The number of esters is 1. The standard InChI is InChI=1S/C16H22N2O2/c1-3-20-16(19)9-6-10-17-11-14-12(2)18-15-8-5-4-7-13(14)15/h4-5,7-8,17-18H,3,6,9-11H2,1-2H3. The fraction of sp³-hybridized carbons (Fsp3) is 0.438. The van der Waals surface area contributed by atoms with Gasteiger partial charge in [0.1, 0.15) is 0 Å². The number of para-hydroxylation sites is 1. The largest absolute Gasteiger partial charge is 0.466 e. The van der Waals surface area contributed by atoms with Gasteiger partial charge in [-0.1, -0.05) is 18.2 Å². The summed E-state index contributed by atoms with van der Waals surface area (Å²) in [5, 5.41) is 4.66. The molecule has 0 saturated carbocycles. The molecule has 2 aromatic rings. The quantitative estimate of drug-likeness (QED) is 0.603. The third-order valence-corrected chi connectivity index (χ3v) is 3.37. The molecule has 0 fully saturated rings. The van der Waals surface area contributed by atoms with Gasteiger partial charge < -0.3 is 15.0 Å². The third-order valence-electron chi connectivity index (χ3n) is 3.37. The zero-order valence-corrected chi connectivity index (χ0v) is 12.2. The van der Waals surface area contributed by atoms with Gasteiger partial charge in [-0.05, 0) is 38.4 Å². The number of hydrogen-bond acceptors (Lipinski definition) is 3. The summed E-state index contributed by atoms with van der Waals surface area (Å²) in [7, 11) is 0. The average molecular weight is 274 g/mol. The number of rotatable bonds is 7. The smallest absolute Gasteiger partial charge is 0.305 e. The summed E-state index contributed by atoms with van der Waals surface area (Å²) < 4.78 is 4.90. The van der Waals surface area contributed by atoms with Crippen molar-refractivity contribution >= 4 is 16.9 Å². The summed E-state index contributed by atoms with van der Waals surface area (Å²) >= 11 is 0. The van der Waals surface area contributed by atoms with Crippen LogP contribution in [0.4, 0.5) is 0 Å². The zero-order chi connectivity index (χ0) is 14.4. The van der Waals surface area contributed by atoms with Crippen molar-refractivity contribution in [3.05, 3.63) is 35.5 Å². The van der Waals surface area contributed by atoms with E-state index in [1.165, 1.54) is 22.2 Å². The maximum absolute atomic E-state index is 11.2. The molecule has 0 amide bonds. The number of benzene rings is 1. The third kappa shape index (κ3) is 3.61. The highest BCUT2D eigenvalue weighted by atomic mass is 16.5. The number of aromatic nitrogens is 1. The number of aromatic amines is 1. The Morgan fingerprint density at radius 2 is 2.15 bits per heavy atom. The predicted octanol–water partition coefficient (Wildman–Crippen LogP) is 2.91. The average Bonchev–Trinajstić information content (AvgIpc) is 2.75. The maximum Gasteiger partial charge on any atom is 0.305 e. The topological polar surface area (TPSA) is 54.1 Å². The van der Waals surface area contributed by atoms with E-state index < -0.39 is 0 Å². The van der Waals surface area contributed by atoms with Gasteiger partial charge in [0.2, 0.25) is 0 Å². The molecule has 4 nitrogen and oxygen atoms in total. The first-order valence-corrected chi connectivity index (χ1v) is 7.15. The van der Waals surface area contributed by atoms with E-state index in [-0.39, 0.29) is 5.97 Å². The summed E-state index contributed by atoms with van der Waals surface area (Å²) in [6, 6.07) is 8.32. The van der Waals surface area contributed by atoms with Gasteiger partial charge in [-0.15, -0.1) is 0 Å². The first-order valence-electron chi connectivity index (χ1n) is 7.15. The van der Waals surface area contributed by atoms with Crippen LogP contribution in [-0.4, -0.2) is 24.1 Å². The van der Waals surface area contributed by atoms with Crippen LogP contribution in [0.5, 0.6) is 0 Å². The molecule has 1 aromatic heterocycles. The molecule has 0 atom stereocenters. The molecule has 108 valence electrons. The lowest BCUT2D eigenvalue weighted by molar-refractivity contribution is -0.143. The second kappa shape index (κ2) is 7.10. The molecule has 20 heavy (non-hydrogen) atoms. The van der Waals surface area contributed by atoms with Gasteiger partial charge >= 0.3 is 5.97 Å². The van der Waals surface area contributed by atoms with E-state index >= 15 is 0 Å². The summed E-state index contributed by atoms with van der Waals surface area (Å²) in [6.07, 6.45) is 1.29. The molecule has 1 heterocycles. The number of nitrogens with one attached hydrogen (secondary N) is 2. The first kappa shape index (κ1) is 14.6. The van der Waals surface area contributed by atoms with Gasteiger partial charge in [-0.25, -0.2) is 0 Å². The Morgan fingerprint density at radius 1 is 1.35 bits per heavy atom. The number of hydrogen-bond donors (Lipinski definition) is 2. The Bertz CT molecular complexity index is 575. The van der Waals surface area contributed by atoms with Crippen molar-refractivity contribution in [3.8, 4) is 0 Å². The van der Waals surface area contributed by atoms with Gasteiger partial charge in [-0.3, -0.25) is 4.79 Å². The van der Waals surface area contributed by atoms with E-state index in [1.54, 1.807) is 0 Å². The van der Waals surface area contributed by atoms with Crippen molar-refractivity contribution in [1.29, 1.82) is 0 Å². The van der Waals surface area contributed by atoms with Crippen molar-refractivity contribution in [2.24, 2.45) is 0 Å². The zero-order valence-electron chi connectivity index (χ0n) is 12.2. The minimum Gasteiger partial charge on any atom is -0.466 e. The van der Waals surface area contributed by atoms with E-state index in [2.05, 4.69) is 35.4 Å². The minimum absolute atomic E-state index is 0.113. The van der Waals surface area contributed by atoms with Gasteiger partial charge in [0.15, 0.2) is 0 Å². The second-order valence-corrected chi connectivity index (χ2v) is 4.86. The number of carbonyl (C=O) groups is 1. The Morgan fingerprint density at radius 3 is 2.95 bits per heavy atom. The van der Waals surface area contributed by atoms with Crippen LogP contribution < -0.4 is 5.32 Å². The molecule has 0 aliphatic rings. The van der Waals surface area contributed by atoms with E-state index in [0.717, 1.165) is 19.5 Å². The molecule has 0 aliphatic heterocycles. The van der Waals surface area contributed by atoms with Crippen molar-refractivity contribution in [3.63, 3.8) is 0 Å². The molecule has 1 aromatic carbocycles. The molecule has 0 bridgehead atoms. The molecular formula is C16H22N2O2. The van der Waals surface area contributed by atoms with Crippen molar-refractivity contribution in [2.45, 2.75) is 33.2 Å². The van der Waals surface area contributed by atoms with Crippen LogP contribution in [0.3, 0.4) is 0 Å². The molecule has 0 aliphatic carbocycles. The molecule has 0 spiro atoms. The first-order chi connectivity index (χ1) is 9.72. The summed E-state index contributed by atoms with van der Waals surface area (Å²) in [4.78, 5) is 14.6. The van der Waals surface area contributed by atoms with Gasteiger partial charge in [0, 0.05) is 29.6 Å². The molecule has 0 radical (unpaired) electrons. The SMILES string of the molecule is CCOC(=O)CCCNCc1c(C)[nH]c2ccccc12. The number of H-pyrrole nitrogens is 1. The van der Waals surface area contributed by atoms with Gasteiger partial charge in [0.25, 0.3) is 0 Å². The van der Waals surface area contributed by atoms with Crippen molar-refractivity contribution < 1.29 is 9.53 Å². The maximum atomic E-state index is 11.2. The summed E-state index contributed by atoms with van der Waals surface area (Å²) in [6.45, 7) is 6.02. The second-order valence-electron chi connectivity index (χ2n) is 4.86. The van der Waals surface area contributed by atoms with E-state index in [1.807, 2.05) is 13.0 Å². The molecule has 0 unspecified atom stereocenters. The number of fused-ring (bicyclic) bond motifs is 1. The Kier molecular flexibility index (Phi) is 5.18. The Labute approximate surface area is 119 Å². The van der Waals surface area contributed by atoms with E-state index in [9.17, 15) is 4.79 Å². The van der Waals surface area contributed by atoms with Crippen LogP contribution in [0.15, 0.2) is 24.3 Å². The molecule has 2 rings (SSSR count). The van der Waals surface area contributed by atoms with Crippen LogP contribution >= 0.6 is 0 Å². The fourth-order valence-corrected chi connectivity index (χ4v) is 2.37. The predicted molar refractivity (Wildman–Crippen MR) is 80.6 cm³/mol. The highest BCUT2D eigenvalue weighted by Gasteiger charge is 2.07. The number of carbonyl (C=O) groups excluding carboxylic acids is 1. The molecular weight excluding hydrogens is 252 g/mol. The summed E-state index contributed by atoms with van der Waals surface area (Å²) in [5.74, 6) is -0.113. The molecule has 0 saturated heterocycles. The lowest BCUT2D eigenvalue weighted by atomic mass is 10.1. The monoisotopic (exact) mass is 274 g/mol. The Balaban J connectivity index is 1.81. The molecule has 4 heteroatoms. The highest BCUT2D eigenvalue weighted by Crippen LogP contribution is 2.21. The number of aryl methyl sites for hydroxylation is 1. The number of ether oxygens (including phenoxy) is 1. The highest BCUT2D eigenvalue weighted by molar-refractivity contribution is 5.84. The van der Waals surface area contributed by atoms with Crippen LogP contribution in [0, 0.1) is 6.92 Å². The fourth-order valence-electron chi connectivity index (χ4n) is 2.37. The normalized spacial score (nSPS) is 10.9. The van der Waals surface area contributed by atoms with Crippen molar-refractivity contribution in [1.82, 2.24) is 10.3 Å². The van der Waals surface area contributed by atoms with E-state index in [4.69, 9.17) is 4.74 Å². The minimum atomic E-state index is -0.113. The van der Waals surface area contributed by atoms with Crippen LogP contribution in [0.25, 0.3) is 10.9 Å². The van der Waals surface area contributed by atoms with Crippen LogP contribution in [0.2, 0.25) is 0 Å². The van der Waals surface area contributed by atoms with E-state index in [0.29, 0.717) is 13.0 Å². The van der Waals surface area contributed by atoms with Crippen LogP contribution in [-0.2, 0) is 16.1 Å². The van der Waals surface area contributed by atoms with Crippen molar-refractivity contribution in [2.75, 3.05) is 13.2 Å². The van der Waals surface area contributed by atoms with Gasteiger partial charge in [-0.2, -0.15) is 0 Å². The Hall–Kier alpha value is -1.81.